The molecule has 0 atom stereocenters. The molecule has 1 aliphatic rings. The lowest BCUT2D eigenvalue weighted by Crippen LogP contribution is -2.47. The fourth-order valence-electron chi connectivity index (χ4n) is 2.34. The molecular formula is C16H32N4S2. The van der Waals surface area contributed by atoms with E-state index in [9.17, 15) is 0 Å². The Labute approximate surface area is 146 Å². The van der Waals surface area contributed by atoms with Gasteiger partial charge in [0, 0.05) is 32.7 Å². The van der Waals surface area contributed by atoms with Gasteiger partial charge in [-0.2, -0.15) is 0 Å². The molecule has 6 heteroatoms. The average molecular weight is 345 g/mol. The lowest BCUT2D eigenvalue weighted by atomic mass is 9.97. The van der Waals surface area contributed by atoms with Gasteiger partial charge in [-0.05, 0) is 55.0 Å². The lowest BCUT2D eigenvalue weighted by molar-refractivity contribution is 0.263. The Bertz CT molecular complexity index is 350. The third-order valence-corrected chi connectivity index (χ3v) is 4.48. The fraction of sp³-hybridized carbons (Fsp3) is 0.875. The first-order valence-electron chi connectivity index (χ1n) is 8.43. The molecule has 0 bridgehead atoms. The topological polar surface area (TPSA) is 39.3 Å². The highest BCUT2D eigenvalue weighted by atomic mass is 32.1. The van der Waals surface area contributed by atoms with Gasteiger partial charge in [-0.1, -0.05) is 27.7 Å². The normalized spacial score (nSPS) is 16.0. The molecule has 4 nitrogen and oxygen atoms in total. The predicted octanol–water partition coefficient (Wildman–Crippen LogP) is 2.35. The summed E-state index contributed by atoms with van der Waals surface area (Å²) in [6.07, 6.45) is 2.34. The number of thiocarbonyl (C=S) groups is 2. The molecule has 1 aliphatic heterocycles. The smallest absolute Gasteiger partial charge is 0.168 e. The fourth-order valence-corrected chi connectivity index (χ4v) is 2.77. The maximum absolute atomic E-state index is 5.46. The molecule has 0 aromatic carbocycles. The summed E-state index contributed by atoms with van der Waals surface area (Å²) >= 11 is 10.8. The van der Waals surface area contributed by atoms with Crippen LogP contribution in [0.1, 0.15) is 40.5 Å². The molecule has 1 rings (SSSR count). The van der Waals surface area contributed by atoms with Gasteiger partial charge in [0.15, 0.2) is 10.2 Å². The molecule has 0 aromatic rings. The summed E-state index contributed by atoms with van der Waals surface area (Å²) in [6, 6.07) is 0. The molecule has 0 aliphatic carbocycles. The number of likely N-dealkylation sites (tertiary alicyclic amines) is 1. The van der Waals surface area contributed by atoms with E-state index < -0.39 is 0 Å². The quantitative estimate of drug-likeness (QED) is 0.643. The van der Waals surface area contributed by atoms with Crippen LogP contribution in [0.2, 0.25) is 0 Å². The number of piperidine rings is 1. The largest absolute Gasteiger partial charge is 0.362 e. The zero-order valence-electron chi connectivity index (χ0n) is 14.4. The first kappa shape index (κ1) is 19.4. The number of hydrogen-bond donors (Lipinski definition) is 3. The highest BCUT2D eigenvalue weighted by Gasteiger charge is 2.20. The van der Waals surface area contributed by atoms with Crippen LogP contribution in [0.4, 0.5) is 0 Å². The van der Waals surface area contributed by atoms with E-state index in [2.05, 4.69) is 48.5 Å². The van der Waals surface area contributed by atoms with Crippen molar-refractivity contribution in [2.24, 2.45) is 17.8 Å². The van der Waals surface area contributed by atoms with Gasteiger partial charge in [0.05, 0.1) is 0 Å². The molecular weight excluding hydrogens is 312 g/mol. The molecule has 1 fully saturated rings. The van der Waals surface area contributed by atoms with Crippen molar-refractivity contribution in [1.82, 2.24) is 20.9 Å². The molecule has 3 N–H and O–H groups in total. The Morgan fingerprint density at radius 3 is 2.05 bits per heavy atom. The number of hydrogen-bond acceptors (Lipinski definition) is 2. The molecule has 1 saturated heterocycles. The first-order chi connectivity index (χ1) is 10.4. The monoisotopic (exact) mass is 344 g/mol. The number of nitrogens with zero attached hydrogens (tertiary/aromatic N) is 1. The van der Waals surface area contributed by atoms with Crippen molar-refractivity contribution in [3.05, 3.63) is 0 Å². The van der Waals surface area contributed by atoms with Crippen LogP contribution in [0.3, 0.4) is 0 Å². The molecule has 0 aromatic heterocycles. The maximum atomic E-state index is 5.46. The minimum Gasteiger partial charge on any atom is -0.362 e. The van der Waals surface area contributed by atoms with E-state index in [0.717, 1.165) is 42.9 Å². The summed E-state index contributed by atoms with van der Waals surface area (Å²) in [4.78, 5) is 2.30. The standard InChI is InChI=1S/C16H32N4S2/c1-12(2)9-17-15(21)18-11-14-5-7-20(8-6-14)16(22)19-10-13(3)4/h12-14H,5-11H2,1-4H3,(H,19,22)(H2,17,18,21). The van der Waals surface area contributed by atoms with E-state index in [1.165, 1.54) is 12.8 Å². The van der Waals surface area contributed by atoms with E-state index in [0.29, 0.717) is 17.8 Å². The van der Waals surface area contributed by atoms with Crippen LogP contribution < -0.4 is 16.0 Å². The number of nitrogens with one attached hydrogen (secondary N) is 3. The minimum atomic E-state index is 0.613. The van der Waals surface area contributed by atoms with Crippen molar-refractivity contribution >= 4 is 34.7 Å². The molecule has 0 spiro atoms. The third kappa shape index (κ3) is 8.13. The average Bonchev–Trinajstić information content (AvgIpc) is 2.49. The van der Waals surface area contributed by atoms with E-state index >= 15 is 0 Å². The van der Waals surface area contributed by atoms with E-state index in [1.54, 1.807) is 0 Å². The molecule has 22 heavy (non-hydrogen) atoms. The second kappa shape index (κ2) is 10.2. The summed E-state index contributed by atoms with van der Waals surface area (Å²) in [5.74, 6) is 1.92. The Morgan fingerprint density at radius 1 is 0.955 bits per heavy atom. The SMILES string of the molecule is CC(C)CNC(=S)NCC1CCN(C(=S)NCC(C)C)CC1. The summed E-state index contributed by atoms with van der Waals surface area (Å²) in [7, 11) is 0. The van der Waals surface area contributed by atoms with E-state index in [4.69, 9.17) is 24.4 Å². The summed E-state index contributed by atoms with van der Waals surface area (Å²) in [6.45, 7) is 13.7. The van der Waals surface area contributed by atoms with E-state index in [1.807, 2.05) is 0 Å². The molecule has 1 heterocycles. The van der Waals surface area contributed by atoms with E-state index in [-0.39, 0.29) is 0 Å². The zero-order valence-corrected chi connectivity index (χ0v) is 16.1. The van der Waals surface area contributed by atoms with Gasteiger partial charge < -0.3 is 20.9 Å². The van der Waals surface area contributed by atoms with Crippen molar-refractivity contribution in [3.8, 4) is 0 Å². The van der Waals surface area contributed by atoms with Crippen LogP contribution in [0, 0.1) is 17.8 Å². The zero-order chi connectivity index (χ0) is 16.5. The van der Waals surface area contributed by atoms with Gasteiger partial charge >= 0.3 is 0 Å². The van der Waals surface area contributed by atoms with Crippen LogP contribution in [-0.4, -0.2) is 47.8 Å². The summed E-state index contributed by atoms with van der Waals surface area (Å²) in [5, 5.41) is 11.6. The third-order valence-electron chi connectivity index (χ3n) is 3.79. The molecule has 128 valence electrons. The highest BCUT2D eigenvalue weighted by Crippen LogP contribution is 2.16. The van der Waals surface area contributed by atoms with Crippen LogP contribution in [0.5, 0.6) is 0 Å². The van der Waals surface area contributed by atoms with Crippen LogP contribution in [0.15, 0.2) is 0 Å². The van der Waals surface area contributed by atoms with Gasteiger partial charge in [0.2, 0.25) is 0 Å². The van der Waals surface area contributed by atoms with Crippen molar-refractivity contribution in [3.63, 3.8) is 0 Å². The predicted molar refractivity (Wildman–Crippen MR) is 103 cm³/mol. The van der Waals surface area contributed by atoms with Gasteiger partial charge in [-0.25, -0.2) is 0 Å². The second-order valence-electron chi connectivity index (χ2n) is 7.00. The second-order valence-corrected chi connectivity index (χ2v) is 7.79. The Balaban J connectivity index is 2.17. The maximum Gasteiger partial charge on any atom is 0.168 e. The molecule has 0 amide bonds. The first-order valence-corrected chi connectivity index (χ1v) is 9.24. The molecule has 0 saturated carbocycles. The highest BCUT2D eigenvalue weighted by molar-refractivity contribution is 7.80. The van der Waals surface area contributed by atoms with Gasteiger partial charge in [-0.3, -0.25) is 0 Å². The Kier molecular flexibility index (Phi) is 9.02. The van der Waals surface area contributed by atoms with Gasteiger partial charge in [0.25, 0.3) is 0 Å². The van der Waals surface area contributed by atoms with Crippen LogP contribution >= 0.6 is 24.4 Å². The number of rotatable bonds is 6. The van der Waals surface area contributed by atoms with Crippen LogP contribution in [-0.2, 0) is 0 Å². The van der Waals surface area contributed by atoms with Crippen molar-refractivity contribution in [2.45, 2.75) is 40.5 Å². The Morgan fingerprint density at radius 2 is 1.50 bits per heavy atom. The van der Waals surface area contributed by atoms with Crippen LogP contribution in [0.25, 0.3) is 0 Å². The van der Waals surface area contributed by atoms with Crippen molar-refractivity contribution in [1.29, 1.82) is 0 Å². The summed E-state index contributed by atoms with van der Waals surface area (Å²) in [5.41, 5.74) is 0. The van der Waals surface area contributed by atoms with Gasteiger partial charge in [-0.15, -0.1) is 0 Å². The van der Waals surface area contributed by atoms with Gasteiger partial charge in [0.1, 0.15) is 0 Å². The lowest BCUT2D eigenvalue weighted by Gasteiger charge is -2.34. The minimum absolute atomic E-state index is 0.613. The molecule has 0 unspecified atom stereocenters. The Hall–Kier alpha value is -0.620. The van der Waals surface area contributed by atoms with Crippen molar-refractivity contribution in [2.75, 3.05) is 32.7 Å². The molecule has 0 radical (unpaired) electrons. The van der Waals surface area contributed by atoms with Crippen molar-refractivity contribution < 1.29 is 0 Å². The summed E-state index contributed by atoms with van der Waals surface area (Å²) < 4.78 is 0.